The second-order valence-corrected chi connectivity index (χ2v) is 8.57. The van der Waals surface area contributed by atoms with E-state index in [0.717, 1.165) is 33.8 Å². The molecule has 8 nitrogen and oxygen atoms in total. The summed E-state index contributed by atoms with van der Waals surface area (Å²) < 4.78 is 5.27. The third-order valence-corrected chi connectivity index (χ3v) is 4.93. The quantitative estimate of drug-likeness (QED) is 0.434. The number of aromatic amines is 2. The number of esters is 1. The molecular formula is C25H26N6O2. The van der Waals surface area contributed by atoms with Gasteiger partial charge in [0.25, 0.3) is 0 Å². The first-order chi connectivity index (χ1) is 15.8. The molecule has 0 saturated heterocycles. The predicted octanol–water partition coefficient (Wildman–Crippen LogP) is 4.61. The van der Waals surface area contributed by atoms with Crippen LogP contribution in [0.2, 0.25) is 0 Å². The maximum Gasteiger partial charge on any atom is 0.324 e. The van der Waals surface area contributed by atoms with E-state index in [1.165, 1.54) is 5.56 Å². The minimum atomic E-state index is -0.810. The van der Waals surface area contributed by atoms with Gasteiger partial charge in [-0.15, -0.1) is 0 Å². The summed E-state index contributed by atoms with van der Waals surface area (Å²) in [5, 5.41) is 33.4. The Balaban J connectivity index is 0.000000203. The number of H-pyrrole nitrogens is 2. The summed E-state index contributed by atoms with van der Waals surface area (Å²) in [4.78, 5) is 12.0. The fourth-order valence-electron chi connectivity index (χ4n) is 3.42. The number of nitrogens with zero attached hydrogens (tertiary/aromatic N) is 4. The summed E-state index contributed by atoms with van der Waals surface area (Å²) in [7, 11) is 0. The zero-order valence-electron chi connectivity index (χ0n) is 18.9. The molecule has 0 amide bonds. The average Bonchev–Trinajstić information content (AvgIpc) is 3.45. The van der Waals surface area contributed by atoms with E-state index in [0.29, 0.717) is 12.8 Å². The summed E-state index contributed by atoms with van der Waals surface area (Å²) in [5.74, 6) is -1.30. The molecule has 2 N–H and O–H groups in total. The van der Waals surface area contributed by atoms with E-state index < -0.39 is 17.5 Å². The van der Waals surface area contributed by atoms with Crippen molar-refractivity contribution in [2.45, 2.75) is 45.6 Å². The van der Waals surface area contributed by atoms with Crippen LogP contribution in [0.15, 0.2) is 48.8 Å². The first-order valence-corrected chi connectivity index (χ1v) is 10.6. The highest BCUT2D eigenvalue weighted by molar-refractivity contribution is 5.83. The number of fused-ring (bicyclic) bond motifs is 2. The first-order valence-electron chi connectivity index (χ1n) is 10.6. The topological polar surface area (TPSA) is 131 Å². The van der Waals surface area contributed by atoms with E-state index in [4.69, 9.17) is 10.00 Å². The Morgan fingerprint density at radius 1 is 1.00 bits per heavy atom. The standard InChI is InChI=1S/C15H17N3O2.C10H9N3/c1-15(2,3)20-14(19)11(8-16)7-10-5-4-6-13-12(10)9-17-18-13;11-6-2-4-8-3-1-5-10-9(8)7-12-13-10/h4-6,9,11H,7H2,1-3H3,(H,17,18);1,3,5,7H,2,4H2,(H,12,13). The molecule has 0 bridgehead atoms. The smallest absolute Gasteiger partial charge is 0.324 e. The van der Waals surface area contributed by atoms with Gasteiger partial charge < -0.3 is 4.74 Å². The molecule has 0 aliphatic rings. The molecule has 4 rings (SSSR count). The van der Waals surface area contributed by atoms with Crippen LogP contribution in [-0.2, 0) is 22.4 Å². The zero-order chi connectivity index (χ0) is 23.8. The van der Waals surface area contributed by atoms with Crippen molar-refractivity contribution in [1.82, 2.24) is 20.4 Å². The Morgan fingerprint density at radius 3 is 2.12 bits per heavy atom. The molecular weight excluding hydrogens is 416 g/mol. The molecule has 2 heterocycles. The molecule has 2 aromatic carbocycles. The van der Waals surface area contributed by atoms with Gasteiger partial charge in [-0.05, 0) is 56.9 Å². The van der Waals surface area contributed by atoms with Crippen LogP contribution in [0.1, 0.15) is 38.3 Å². The van der Waals surface area contributed by atoms with Gasteiger partial charge in [0.15, 0.2) is 0 Å². The van der Waals surface area contributed by atoms with E-state index in [9.17, 15) is 10.1 Å². The third kappa shape index (κ3) is 6.18. The minimum Gasteiger partial charge on any atom is -0.459 e. The molecule has 0 aliphatic heterocycles. The monoisotopic (exact) mass is 442 g/mol. The van der Waals surface area contributed by atoms with Crippen molar-refractivity contribution in [1.29, 1.82) is 10.5 Å². The Morgan fingerprint density at radius 2 is 1.58 bits per heavy atom. The number of aryl methyl sites for hydroxylation is 1. The van der Waals surface area contributed by atoms with Crippen molar-refractivity contribution in [3.05, 3.63) is 59.9 Å². The summed E-state index contributed by atoms with van der Waals surface area (Å²) in [6.45, 7) is 5.36. The molecule has 0 fully saturated rings. The second-order valence-electron chi connectivity index (χ2n) is 8.57. The van der Waals surface area contributed by atoms with Gasteiger partial charge in [0.1, 0.15) is 11.5 Å². The van der Waals surface area contributed by atoms with Crippen LogP contribution in [-0.4, -0.2) is 32.0 Å². The van der Waals surface area contributed by atoms with Crippen LogP contribution >= 0.6 is 0 Å². The van der Waals surface area contributed by atoms with Crippen LogP contribution in [0, 0.1) is 28.6 Å². The van der Waals surface area contributed by atoms with Crippen molar-refractivity contribution in [2.75, 3.05) is 0 Å². The van der Waals surface area contributed by atoms with E-state index >= 15 is 0 Å². The largest absolute Gasteiger partial charge is 0.459 e. The number of hydrogen-bond donors (Lipinski definition) is 2. The Kier molecular flexibility index (Phi) is 7.42. The number of aromatic nitrogens is 4. The predicted molar refractivity (Wildman–Crippen MR) is 125 cm³/mol. The van der Waals surface area contributed by atoms with E-state index in [2.05, 4.69) is 26.5 Å². The number of carbonyl (C=O) groups excluding carboxylic acids is 1. The molecule has 1 atom stereocenters. The highest BCUT2D eigenvalue weighted by Gasteiger charge is 2.25. The molecule has 1 unspecified atom stereocenters. The normalized spacial score (nSPS) is 11.8. The van der Waals surface area contributed by atoms with Gasteiger partial charge in [-0.25, -0.2) is 0 Å². The summed E-state index contributed by atoms with van der Waals surface area (Å²) >= 11 is 0. The van der Waals surface area contributed by atoms with Crippen molar-refractivity contribution in [3.8, 4) is 12.1 Å². The first kappa shape index (κ1) is 23.5. The van der Waals surface area contributed by atoms with Crippen molar-refractivity contribution >= 4 is 27.8 Å². The summed E-state index contributed by atoms with van der Waals surface area (Å²) in [6.07, 6.45) is 5.19. The van der Waals surface area contributed by atoms with Crippen LogP contribution in [0.3, 0.4) is 0 Å². The van der Waals surface area contributed by atoms with Crippen LogP contribution in [0.5, 0.6) is 0 Å². The number of nitrogens with one attached hydrogen (secondary N) is 2. The van der Waals surface area contributed by atoms with Crippen molar-refractivity contribution < 1.29 is 9.53 Å². The number of benzene rings is 2. The minimum absolute atomic E-state index is 0.322. The van der Waals surface area contributed by atoms with Gasteiger partial charge in [0, 0.05) is 17.2 Å². The Labute approximate surface area is 192 Å². The third-order valence-electron chi connectivity index (χ3n) is 4.93. The molecule has 0 saturated carbocycles. The number of carbonyl (C=O) groups is 1. The Hall–Kier alpha value is -4.17. The number of hydrogen-bond acceptors (Lipinski definition) is 6. The lowest BCUT2D eigenvalue weighted by Crippen LogP contribution is -2.29. The fraction of sp³-hybridized carbons (Fsp3) is 0.320. The SMILES string of the molecule is CC(C)(C)OC(=O)C(C#N)Cc1cccc2[nH]ncc12.N#CCCc1cccc2[nH]ncc12. The van der Waals surface area contributed by atoms with Crippen LogP contribution < -0.4 is 0 Å². The molecule has 2 aromatic heterocycles. The highest BCUT2D eigenvalue weighted by Crippen LogP contribution is 2.21. The molecule has 8 heteroatoms. The second kappa shape index (κ2) is 10.4. The van der Waals surface area contributed by atoms with Gasteiger partial charge >= 0.3 is 5.97 Å². The lowest BCUT2D eigenvalue weighted by Gasteiger charge is -2.21. The van der Waals surface area contributed by atoms with Crippen molar-refractivity contribution in [3.63, 3.8) is 0 Å². The average molecular weight is 443 g/mol. The molecule has 33 heavy (non-hydrogen) atoms. The summed E-state index contributed by atoms with van der Waals surface area (Å²) in [6, 6.07) is 15.8. The Bertz CT molecular complexity index is 1320. The van der Waals surface area contributed by atoms with Gasteiger partial charge in [-0.1, -0.05) is 24.3 Å². The molecule has 0 radical (unpaired) electrons. The maximum atomic E-state index is 12.0. The highest BCUT2D eigenvalue weighted by atomic mass is 16.6. The molecule has 0 spiro atoms. The van der Waals surface area contributed by atoms with E-state index in [-0.39, 0.29) is 0 Å². The van der Waals surface area contributed by atoms with Crippen LogP contribution in [0.25, 0.3) is 21.8 Å². The van der Waals surface area contributed by atoms with Gasteiger partial charge in [0.05, 0.1) is 35.6 Å². The lowest BCUT2D eigenvalue weighted by atomic mass is 9.98. The fourth-order valence-corrected chi connectivity index (χ4v) is 3.42. The van der Waals surface area contributed by atoms with E-state index in [1.54, 1.807) is 27.0 Å². The number of nitriles is 2. The molecule has 4 aromatic rings. The lowest BCUT2D eigenvalue weighted by molar-refractivity contribution is -0.157. The van der Waals surface area contributed by atoms with Gasteiger partial charge in [-0.3, -0.25) is 15.0 Å². The van der Waals surface area contributed by atoms with Gasteiger partial charge in [-0.2, -0.15) is 20.7 Å². The number of rotatable bonds is 5. The van der Waals surface area contributed by atoms with Gasteiger partial charge in [0.2, 0.25) is 0 Å². The van der Waals surface area contributed by atoms with E-state index in [1.807, 2.05) is 48.7 Å². The van der Waals surface area contributed by atoms with Crippen molar-refractivity contribution in [2.24, 2.45) is 5.92 Å². The number of ether oxygens (including phenoxy) is 1. The van der Waals surface area contributed by atoms with Crippen LogP contribution in [0.4, 0.5) is 0 Å². The summed E-state index contributed by atoms with van der Waals surface area (Å²) in [5.41, 5.74) is 3.44. The molecule has 0 aliphatic carbocycles. The maximum absolute atomic E-state index is 12.0. The zero-order valence-corrected chi connectivity index (χ0v) is 18.9. The molecule has 168 valence electrons.